The van der Waals surface area contributed by atoms with Crippen LogP contribution in [0.3, 0.4) is 0 Å². The van der Waals surface area contributed by atoms with Gasteiger partial charge in [-0.1, -0.05) is 59.8 Å². The summed E-state index contributed by atoms with van der Waals surface area (Å²) in [7, 11) is 1.64. The van der Waals surface area contributed by atoms with E-state index in [1.807, 2.05) is 90.6 Å². The number of amides is 1. The van der Waals surface area contributed by atoms with Crippen molar-refractivity contribution in [2.24, 2.45) is 10.2 Å². The number of methoxy groups -OCH3 is 1. The number of carbonyl (C=O) groups is 1. The Balaban J connectivity index is 1.38. The second-order valence-corrected chi connectivity index (χ2v) is 9.57. The highest BCUT2D eigenvalue weighted by Gasteiger charge is 2.30. The number of carbonyl (C=O) groups excluding carboxylic acids is 1. The highest BCUT2D eigenvalue weighted by molar-refractivity contribution is 8.15. The van der Waals surface area contributed by atoms with E-state index >= 15 is 0 Å². The Kier molecular flexibility index (Phi) is 6.95. The molecule has 1 saturated heterocycles. The molecule has 8 heteroatoms. The van der Waals surface area contributed by atoms with Crippen molar-refractivity contribution >= 4 is 29.1 Å². The van der Waals surface area contributed by atoms with Crippen LogP contribution in [-0.2, 0) is 11.2 Å². The number of benzene rings is 3. The van der Waals surface area contributed by atoms with Gasteiger partial charge in [0.2, 0.25) is 5.91 Å². The van der Waals surface area contributed by atoms with Crippen LogP contribution < -0.4 is 10.1 Å². The fourth-order valence-electron chi connectivity index (χ4n) is 3.95. The third kappa shape index (κ3) is 5.39. The minimum Gasteiger partial charge on any atom is -0.497 e. The van der Waals surface area contributed by atoms with E-state index in [1.165, 1.54) is 17.3 Å². The molecule has 1 aliphatic heterocycles. The van der Waals surface area contributed by atoms with E-state index in [9.17, 15) is 4.79 Å². The van der Waals surface area contributed by atoms with E-state index in [2.05, 4.69) is 21.6 Å². The number of ether oxygens (including phenoxy) is 1. The molecule has 1 unspecified atom stereocenters. The first-order chi connectivity index (χ1) is 17.6. The Morgan fingerprint density at radius 1 is 1.08 bits per heavy atom. The van der Waals surface area contributed by atoms with Crippen molar-refractivity contribution in [3.05, 3.63) is 102 Å². The summed E-state index contributed by atoms with van der Waals surface area (Å²) in [6.07, 6.45) is 4.23. The molecule has 1 aliphatic rings. The van der Waals surface area contributed by atoms with Crippen LogP contribution in [-0.4, -0.2) is 39.4 Å². The Bertz CT molecular complexity index is 1430. The topological polar surface area (TPSA) is 80.9 Å². The number of aromatic nitrogens is 2. The highest BCUT2D eigenvalue weighted by atomic mass is 32.2. The number of hydrogen-bond donors (Lipinski definition) is 1. The molecule has 1 fully saturated rings. The molecule has 180 valence electrons. The number of nitrogens with zero attached hydrogens (tertiary/aromatic N) is 4. The molecule has 1 N–H and O–H groups in total. The van der Waals surface area contributed by atoms with Crippen molar-refractivity contribution < 1.29 is 9.53 Å². The minimum atomic E-state index is -0.226. The van der Waals surface area contributed by atoms with Crippen LogP contribution in [0.1, 0.15) is 16.7 Å². The van der Waals surface area contributed by atoms with Crippen LogP contribution in [0.2, 0.25) is 0 Å². The lowest BCUT2D eigenvalue weighted by atomic mass is 10.1. The maximum atomic E-state index is 12.5. The number of nitrogens with one attached hydrogen (secondary N) is 1. The lowest BCUT2D eigenvalue weighted by molar-refractivity contribution is -0.118. The molecule has 0 aliphatic carbocycles. The Hall–Kier alpha value is -4.17. The van der Waals surface area contributed by atoms with Gasteiger partial charge < -0.3 is 10.1 Å². The molecule has 2 heterocycles. The maximum Gasteiger partial charge on any atom is 0.239 e. The van der Waals surface area contributed by atoms with Crippen molar-refractivity contribution in [1.82, 2.24) is 15.1 Å². The molecule has 0 bridgehead atoms. The Morgan fingerprint density at radius 3 is 2.64 bits per heavy atom. The molecular formula is C28H25N5O2S. The van der Waals surface area contributed by atoms with Crippen LogP contribution in [0.5, 0.6) is 5.75 Å². The van der Waals surface area contributed by atoms with Gasteiger partial charge in [0.15, 0.2) is 5.17 Å². The number of rotatable bonds is 7. The largest absolute Gasteiger partial charge is 0.497 e. The zero-order chi connectivity index (χ0) is 24.9. The average molecular weight is 496 g/mol. The third-order valence-electron chi connectivity index (χ3n) is 5.75. The van der Waals surface area contributed by atoms with E-state index in [1.54, 1.807) is 13.3 Å². The van der Waals surface area contributed by atoms with E-state index in [-0.39, 0.29) is 11.2 Å². The van der Waals surface area contributed by atoms with Crippen LogP contribution in [0.15, 0.2) is 95.3 Å². The zero-order valence-corrected chi connectivity index (χ0v) is 20.8. The van der Waals surface area contributed by atoms with Gasteiger partial charge in [-0.05, 0) is 55.3 Å². The fraction of sp³-hybridized carbons (Fsp3) is 0.143. The second-order valence-electron chi connectivity index (χ2n) is 8.38. The van der Waals surface area contributed by atoms with Crippen LogP contribution >= 0.6 is 11.8 Å². The number of aryl methyl sites for hydroxylation is 1. The third-order valence-corrected chi connectivity index (χ3v) is 6.82. The molecule has 1 aromatic heterocycles. The van der Waals surface area contributed by atoms with Crippen molar-refractivity contribution in [3.63, 3.8) is 0 Å². The number of hydrogen-bond acceptors (Lipinski definition) is 6. The van der Waals surface area contributed by atoms with Gasteiger partial charge >= 0.3 is 0 Å². The van der Waals surface area contributed by atoms with Gasteiger partial charge in [0.1, 0.15) is 11.4 Å². The number of thioether (sulfide) groups is 1. The molecule has 0 radical (unpaired) electrons. The number of para-hydroxylation sites is 1. The highest BCUT2D eigenvalue weighted by Crippen LogP contribution is 2.26. The standard InChI is InChI=1S/C28H25N5O2S/c1-19-7-6-8-20(15-19)16-25-27(34)30-28(36-25)31-29-17-22-18-33(23-9-4-3-5-10-23)32-26(22)21-11-13-24(35-2)14-12-21/h3-15,17-18,25H,16H2,1-2H3,(H,30,31,34)/b29-17+. The average Bonchev–Trinajstić information content (AvgIpc) is 3.48. The molecule has 7 nitrogen and oxygen atoms in total. The molecule has 36 heavy (non-hydrogen) atoms. The van der Waals surface area contributed by atoms with Crippen molar-refractivity contribution in [3.8, 4) is 22.7 Å². The second kappa shape index (κ2) is 10.6. The molecule has 5 rings (SSSR count). The summed E-state index contributed by atoms with van der Waals surface area (Å²) in [6.45, 7) is 2.05. The Labute approximate surface area is 213 Å². The summed E-state index contributed by atoms with van der Waals surface area (Å²) in [6, 6.07) is 25.8. The van der Waals surface area contributed by atoms with Gasteiger partial charge in [-0.25, -0.2) is 4.68 Å². The monoisotopic (exact) mass is 495 g/mol. The maximum absolute atomic E-state index is 12.5. The summed E-state index contributed by atoms with van der Waals surface area (Å²) >= 11 is 1.40. The quantitative estimate of drug-likeness (QED) is 0.288. The van der Waals surface area contributed by atoms with Crippen LogP contribution in [0.25, 0.3) is 16.9 Å². The summed E-state index contributed by atoms with van der Waals surface area (Å²) in [5.74, 6) is 0.725. The summed E-state index contributed by atoms with van der Waals surface area (Å²) < 4.78 is 7.10. The molecule has 4 aromatic rings. The van der Waals surface area contributed by atoms with Gasteiger partial charge in [0.05, 0.1) is 24.3 Å². The molecule has 1 amide bonds. The number of amidine groups is 1. The van der Waals surface area contributed by atoms with Crippen LogP contribution in [0, 0.1) is 6.92 Å². The summed E-state index contributed by atoms with van der Waals surface area (Å²) in [5.41, 5.74) is 5.75. The first kappa shape index (κ1) is 23.6. The smallest absolute Gasteiger partial charge is 0.239 e. The fourth-order valence-corrected chi connectivity index (χ4v) is 4.92. The predicted molar refractivity (Wildman–Crippen MR) is 145 cm³/mol. The molecule has 0 spiro atoms. The SMILES string of the molecule is COc1ccc(-c2nn(-c3ccccc3)cc2/C=N/N=C2\NC(=O)C(Cc3cccc(C)c3)S2)cc1. The normalized spacial score (nSPS) is 16.6. The zero-order valence-electron chi connectivity index (χ0n) is 20.0. The van der Waals surface area contributed by atoms with E-state index in [0.29, 0.717) is 11.6 Å². The molecule has 1 atom stereocenters. The van der Waals surface area contributed by atoms with Crippen LogP contribution in [0.4, 0.5) is 0 Å². The molecule has 0 saturated carbocycles. The minimum absolute atomic E-state index is 0.0497. The predicted octanol–water partition coefficient (Wildman–Crippen LogP) is 5.02. The summed E-state index contributed by atoms with van der Waals surface area (Å²) in [5, 5.41) is 16.5. The first-order valence-electron chi connectivity index (χ1n) is 11.5. The van der Waals surface area contributed by atoms with Crippen molar-refractivity contribution in [2.75, 3.05) is 7.11 Å². The molecule has 3 aromatic carbocycles. The lowest BCUT2D eigenvalue weighted by Gasteiger charge is -2.05. The summed E-state index contributed by atoms with van der Waals surface area (Å²) in [4.78, 5) is 12.5. The lowest BCUT2D eigenvalue weighted by Crippen LogP contribution is -2.25. The Morgan fingerprint density at radius 2 is 1.89 bits per heavy atom. The van der Waals surface area contributed by atoms with E-state index in [4.69, 9.17) is 9.84 Å². The van der Waals surface area contributed by atoms with Gasteiger partial charge in [0.25, 0.3) is 0 Å². The van der Waals surface area contributed by atoms with E-state index in [0.717, 1.165) is 33.8 Å². The molecular weight excluding hydrogens is 470 g/mol. The van der Waals surface area contributed by atoms with Gasteiger partial charge in [-0.3, -0.25) is 4.79 Å². The van der Waals surface area contributed by atoms with Gasteiger partial charge in [-0.15, -0.1) is 5.10 Å². The van der Waals surface area contributed by atoms with Crippen molar-refractivity contribution in [2.45, 2.75) is 18.6 Å². The first-order valence-corrected chi connectivity index (χ1v) is 12.4. The van der Waals surface area contributed by atoms with Crippen molar-refractivity contribution in [1.29, 1.82) is 0 Å². The van der Waals surface area contributed by atoms with Gasteiger partial charge in [0, 0.05) is 17.3 Å². The van der Waals surface area contributed by atoms with E-state index < -0.39 is 0 Å². The van der Waals surface area contributed by atoms with Gasteiger partial charge in [-0.2, -0.15) is 10.2 Å².